The fourth-order valence-electron chi connectivity index (χ4n) is 1.56. The summed E-state index contributed by atoms with van der Waals surface area (Å²) in [5, 5.41) is 0. The second-order valence-electron chi connectivity index (χ2n) is 4.63. The first kappa shape index (κ1) is 18.0. The van der Waals surface area contributed by atoms with Crippen LogP contribution in [-0.4, -0.2) is 24.0 Å². The number of esters is 1. The maximum atomic E-state index is 11.0. The van der Waals surface area contributed by atoms with Gasteiger partial charge in [-0.05, 0) is 6.92 Å². The van der Waals surface area contributed by atoms with Crippen molar-refractivity contribution in [3.63, 3.8) is 0 Å². The Kier molecular flexibility index (Phi) is 8.84. The predicted octanol–water partition coefficient (Wildman–Crippen LogP) is 2.79. The third-order valence-corrected chi connectivity index (χ3v) is 2.64. The molecule has 0 aromatic heterocycles. The van der Waals surface area contributed by atoms with E-state index in [1.165, 1.54) is 45.4 Å². The molecule has 0 heterocycles. The summed E-state index contributed by atoms with van der Waals surface area (Å²) in [6.45, 7) is 5.85. The lowest BCUT2D eigenvalue weighted by Crippen LogP contribution is -2.27. The van der Waals surface area contributed by atoms with Crippen molar-refractivity contribution in [2.24, 2.45) is 9.98 Å². The average Bonchev–Trinajstić information content (AvgIpc) is 2.41. The van der Waals surface area contributed by atoms with E-state index in [0.29, 0.717) is 0 Å². The molecule has 0 saturated heterocycles. The zero-order valence-electron chi connectivity index (χ0n) is 12.0. The van der Waals surface area contributed by atoms with Crippen molar-refractivity contribution in [2.75, 3.05) is 0 Å². The number of nitrogens with zero attached hydrogens (tertiary/aromatic N) is 2. The molecule has 0 bridgehead atoms. The zero-order chi connectivity index (χ0) is 15.4. The smallest absolute Gasteiger partial charge is 0.336 e. The molecule has 0 aromatic rings. The van der Waals surface area contributed by atoms with Crippen molar-refractivity contribution in [1.29, 1.82) is 0 Å². The molecule has 0 unspecified atom stereocenters. The second-order valence-corrected chi connectivity index (χ2v) is 4.63. The van der Waals surface area contributed by atoms with Crippen LogP contribution in [0.2, 0.25) is 0 Å². The normalized spacial score (nSPS) is 16.1. The monoisotopic (exact) mass is 280 g/mol. The summed E-state index contributed by atoms with van der Waals surface area (Å²) in [5.74, 6) is -2.72. The van der Waals surface area contributed by atoms with Crippen LogP contribution in [0.3, 0.4) is 0 Å². The van der Waals surface area contributed by atoms with E-state index in [1.54, 1.807) is 0 Å². The molecule has 1 aliphatic rings. The molecule has 0 spiro atoms. The lowest BCUT2D eigenvalue weighted by atomic mass is 10.0. The topological polar surface area (TPSA) is 85.2 Å². The van der Waals surface area contributed by atoms with Gasteiger partial charge in [-0.2, -0.15) is 0 Å². The molecule has 110 valence electrons. The van der Waals surface area contributed by atoms with Crippen LogP contribution in [-0.2, 0) is 19.1 Å². The maximum Gasteiger partial charge on any atom is 0.336 e. The van der Waals surface area contributed by atoms with Crippen LogP contribution < -0.4 is 0 Å². The van der Waals surface area contributed by atoms with Gasteiger partial charge in [-0.25, -0.2) is 14.4 Å². The first-order valence-electron chi connectivity index (χ1n) is 6.52. The van der Waals surface area contributed by atoms with Crippen molar-refractivity contribution < 1.29 is 19.1 Å². The predicted molar refractivity (Wildman–Crippen MR) is 73.3 cm³/mol. The summed E-state index contributed by atoms with van der Waals surface area (Å²) in [7, 11) is 0. The number of carbonyl (C=O) groups excluding carboxylic acids is 3. The van der Waals surface area contributed by atoms with Crippen molar-refractivity contribution in [3.8, 4) is 0 Å². The highest BCUT2D eigenvalue weighted by molar-refractivity contribution is 5.87. The largest absolute Gasteiger partial charge is 0.412 e. The van der Waals surface area contributed by atoms with Gasteiger partial charge in [0.2, 0.25) is 12.2 Å². The van der Waals surface area contributed by atoms with Crippen molar-refractivity contribution in [2.45, 2.75) is 58.2 Å². The summed E-state index contributed by atoms with van der Waals surface area (Å²) in [5.41, 5.74) is 0.0958. The Balaban J connectivity index is 0.000000493. The third-order valence-electron chi connectivity index (χ3n) is 2.64. The number of isocyanates is 2. The molecule has 0 aliphatic heterocycles. The van der Waals surface area contributed by atoms with E-state index in [4.69, 9.17) is 0 Å². The van der Waals surface area contributed by atoms with E-state index in [0.717, 1.165) is 19.1 Å². The summed E-state index contributed by atoms with van der Waals surface area (Å²) >= 11 is 0. The minimum absolute atomic E-state index is 0.0958. The zero-order valence-corrected chi connectivity index (χ0v) is 12.0. The van der Waals surface area contributed by atoms with E-state index in [2.05, 4.69) is 21.3 Å². The minimum Gasteiger partial charge on any atom is -0.412 e. The van der Waals surface area contributed by atoms with Crippen LogP contribution in [0.4, 0.5) is 0 Å². The average molecular weight is 280 g/mol. The Bertz CT molecular complexity index is 399. The number of hydrogen-bond acceptors (Lipinski definition) is 6. The molecule has 0 radical (unpaired) electrons. The maximum absolute atomic E-state index is 11.0. The van der Waals surface area contributed by atoms with Gasteiger partial charge in [0.15, 0.2) is 0 Å². The Hall–Kier alpha value is -2.03. The highest BCUT2D eigenvalue weighted by Crippen LogP contribution is 2.15. The van der Waals surface area contributed by atoms with E-state index >= 15 is 0 Å². The van der Waals surface area contributed by atoms with E-state index < -0.39 is 11.8 Å². The highest BCUT2D eigenvalue weighted by atomic mass is 16.6. The summed E-state index contributed by atoms with van der Waals surface area (Å²) in [4.78, 5) is 37.0. The number of rotatable bonds is 4. The number of aliphatic imine (C=N–C) groups is 2. The summed E-state index contributed by atoms with van der Waals surface area (Å²) < 4.78 is 4.58. The van der Waals surface area contributed by atoms with E-state index in [-0.39, 0.29) is 5.57 Å². The van der Waals surface area contributed by atoms with Crippen LogP contribution in [0.25, 0.3) is 0 Å². The van der Waals surface area contributed by atoms with E-state index in [9.17, 15) is 14.4 Å². The molecule has 0 atom stereocenters. The first-order valence-corrected chi connectivity index (χ1v) is 6.52. The Morgan fingerprint density at radius 2 is 1.40 bits per heavy atom. The van der Waals surface area contributed by atoms with Gasteiger partial charge >= 0.3 is 11.8 Å². The van der Waals surface area contributed by atoms with Crippen LogP contribution in [0.5, 0.6) is 0 Å². The Morgan fingerprint density at radius 3 is 1.65 bits per heavy atom. The van der Waals surface area contributed by atoms with Crippen LogP contribution in [0.1, 0.15) is 52.4 Å². The van der Waals surface area contributed by atoms with Gasteiger partial charge in [0.25, 0.3) is 0 Å². The fourth-order valence-corrected chi connectivity index (χ4v) is 1.56. The van der Waals surface area contributed by atoms with Crippen molar-refractivity contribution in [1.82, 2.24) is 0 Å². The van der Waals surface area contributed by atoms with Crippen LogP contribution in [0.15, 0.2) is 22.1 Å². The summed E-state index contributed by atoms with van der Waals surface area (Å²) in [6, 6.07) is 0. The van der Waals surface area contributed by atoms with Gasteiger partial charge < -0.3 is 4.74 Å². The highest BCUT2D eigenvalue weighted by Gasteiger charge is 2.27. The lowest BCUT2D eigenvalue weighted by Gasteiger charge is -2.16. The van der Waals surface area contributed by atoms with Gasteiger partial charge in [-0.1, -0.05) is 45.1 Å². The quantitative estimate of drug-likeness (QED) is 0.343. The number of ether oxygens (including phenoxy) is 1. The number of carbonyl (C=O) groups is 1. The molecule has 0 amide bonds. The third kappa shape index (κ3) is 8.14. The Morgan fingerprint density at radius 1 is 1.05 bits per heavy atom. The lowest BCUT2D eigenvalue weighted by molar-refractivity contribution is -0.151. The molecule has 1 aliphatic carbocycles. The van der Waals surface area contributed by atoms with Gasteiger partial charge in [0.05, 0.1) is 0 Å². The minimum atomic E-state index is -1.90. The Labute approximate surface area is 118 Å². The van der Waals surface area contributed by atoms with Gasteiger partial charge in [-0.3, -0.25) is 0 Å². The molecular formula is C14H20N2O4. The molecule has 0 aromatic carbocycles. The molecule has 6 heteroatoms. The van der Waals surface area contributed by atoms with Crippen LogP contribution in [0, 0.1) is 0 Å². The first-order chi connectivity index (χ1) is 9.45. The van der Waals surface area contributed by atoms with Crippen molar-refractivity contribution >= 4 is 18.1 Å². The fraction of sp³-hybridized carbons (Fsp3) is 0.643. The SMILES string of the molecule is C1CCCCC1.C=C(C)C(=O)OC(C)(N=C=O)N=C=O. The van der Waals surface area contributed by atoms with Gasteiger partial charge in [-0.15, -0.1) is 9.98 Å². The van der Waals surface area contributed by atoms with Gasteiger partial charge in [0.1, 0.15) is 0 Å². The molecular weight excluding hydrogens is 260 g/mol. The molecule has 6 nitrogen and oxygen atoms in total. The second kappa shape index (κ2) is 9.84. The molecule has 0 N–H and O–H groups in total. The standard InChI is InChI=1S/C8H8N2O4.C6H12/c1-6(2)7(13)14-8(3,9-4-11)10-5-12;1-2-4-6-5-3-1/h1H2,2-3H3;1-6H2. The van der Waals surface area contributed by atoms with Crippen molar-refractivity contribution in [3.05, 3.63) is 12.2 Å². The van der Waals surface area contributed by atoms with E-state index in [1.807, 2.05) is 0 Å². The molecule has 1 fully saturated rings. The molecule has 20 heavy (non-hydrogen) atoms. The number of hydrogen-bond donors (Lipinski definition) is 0. The van der Waals surface area contributed by atoms with Gasteiger partial charge in [0, 0.05) is 12.5 Å². The van der Waals surface area contributed by atoms with Crippen LogP contribution >= 0.6 is 0 Å². The molecule has 1 saturated carbocycles. The summed E-state index contributed by atoms with van der Waals surface area (Å²) in [6.07, 6.45) is 11.3. The molecule has 1 rings (SSSR count).